The van der Waals surface area contributed by atoms with E-state index in [0.29, 0.717) is 24.6 Å². The van der Waals surface area contributed by atoms with Crippen LogP contribution >= 0.6 is 0 Å². The van der Waals surface area contributed by atoms with Crippen LogP contribution in [-0.4, -0.2) is 10.9 Å². The number of benzene rings is 1. The Balaban J connectivity index is 1.85. The van der Waals surface area contributed by atoms with E-state index < -0.39 is 0 Å². The molecule has 5 nitrogen and oxygen atoms in total. The number of carbonyl (C=O) groups is 1. The van der Waals surface area contributed by atoms with Gasteiger partial charge in [0.25, 0.3) is 0 Å². The standard InChI is InChI=1S/C16H17N3O2/c1-10-6-11(9-17)7-16(18-10)21-13-3-4-14-12(8-13)2-5-15(20)19-14/h3-4,6-8H,2,5,9,17H2,1H3,(H,19,20). The zero-order valence-corrected chi connectivity index (χ0v) is 11.8. The highest BCUT2D eigenvalue weighted by atomic mass is 16.5. The summed E-state index contributed by atoms with van der Waals surface area (Å²) >= 11 is 0. The van der Waals surface area contributed by atoms with Gasteiger partial charge >= 0.3 is 0 Å². The summed E-state index contributed by atoms with van der Waals surface area (Å²) in [5, 5.41) is 2.85. The van der Waals surface area contributed by atoms with Gasteiger partial charge in [0.1, 0.15) is 5.75 Å². The molecule has 1 aliphatic heterocycles. The maximum Gasteiger partial charge on any atom is 0.224 e. The minimum absolute atomic E-state index is 0.0594. The molecule has 0 atom stereocenters. The number of nitrogens with two attached hydrogens (primary N) is 1. The van der Waals surface area contributed by atoms with Crippen molar-refractivity contribution in [3.63, 3.8) is 0 Å². The molecule has 0 fully saturated rings. The smallest absolute Gasteiger partial charge is 0.224 e. The zero-order chi connectivity index (χ0) is 14.8. The molecule has 2 heterocycles. The molecule has 21 heavy (non-hydrogen) atoms. The van der Waals surface area contributed by atoms with Crippen LogP contribution in [0.3, 0.4) is 0 Å². The first kappa shape index (κ1) is 13.6. The molecule has 0 unspecified atom stereocenters. The summed E-state index contributed by atoms with van der Waals surface area (Å²) in [6, 6.07) is 9.42. The molecular formula is C16H17N3O2. The van der Waals surface area contributed by atoms with E-state index in [9.17, 15) is 4.79 Å². The number of hydrogen-bond donors (Lipinski definition) is 2. The first-order valence-electron chi connectivity index (χ1n) is 6.92. The number of rotatable bonds is 3. The third-order valence-electron chi connectivity index (χ3n) is 3.42. The highest BCUT2D eigenvalue weighted by Crippen LogP contribution is 2.29. The molecule has 0 saturated heterocycles. The largest absolute Gasteiger partial charge is 0.439 e. The fourth-order valence-corrected chi connectivity index (χ4v) is 2.42. The molecule has 5 heteroatoms. The van der Waals surface area contributed by atoms with Gasteiger partial charge in [-0.1, -0.05) is 0 Å². The first-order chi connectivity index (χ1) is 10.1. The molecule has 3 rings (SSSR count). The number of fused-ring (bicyclic) bond motifs is 1. The number of amides is 1. The zero-order valence-electron chi connectivity index (χ0n) is 11.8. The van der Waals surface area contributed by atoms with Gasteiger partial charge in [-0.15, -0.1) is 0 Å². The van der Waals surface area contributed by atoms with Crippen LogP contribution in [0.4, 0.5) is 5.69 Å². The predicted molar refractivity (Wildman–Crippen MR) is 80.3 cm³/mol. The summed E-state index contributed by atoms with van der Waals surface area (Å²) in [5.74, 6) is 1.31. The summed E-state index contributed by atoms with van der Waals surface area (Å²) in [6.45, 7) is 2.37. The lowest BCUT2D eigenvalue weighted by atomic mass is 10.0. The van der Waals surface area contributed by atoms with Crippen molar-refractivity contribution in [1.82, 2.24) is 4.98 Å². The van der Waals surface area contributed by atoms with Crippen LogP contribution in [0, 0.1) is 6.92 Å². The number of nitrogens with one attached hydrogen (secondary N) is 1. The lowest BCUT2D eigenvalue weighted by Gasteiger charge is -2.17. The molecule has 3 N–H and O–H groups in total. The van der Waals surface area contributed by atoms with Crippen molar-refractivity contribution < 1.29 is 9.53 Å². The second-order valence-electron chi connectivity index (χ2n) is 5.13. The Labute approximate surface area is 123 Å². The molecule has 0 spiro atoms. The Kier molecular flexibility index (Phi) is 3.58. The molecule has 1 amide bonds. The number of carbonyl (C=O) groups excluding carboxylic acids is 1. The Morgan fingerprint density at radius 1 is 1.29 bits per heavy atom. The highest BCUT2D eigenvalue weighted by Gasteiger charge is 2.15. The van der Waals surface area contributed by atoms with Gasteiger partial charge in [-0.3, -0.25) is 4.79 Å². The Morgan fingerprint density at radius 3 is 2.95 bits per heavy atom. The molecule has 0 radical (unpaired) electrons. The average molecular weight is 283 g/mol. The minimum atomic E-state index is 0.0594. The number of aromatic nitrogens is 1. The summed E-state index contributed by atoms with van der Waals surface area (Å²) in [4.78, 5) is 15.7. The van der Waals surface area contributed by atoms with Crippen molar-refractivity contribution in [2.75, 3.05) is 5.32 Å². The number of anilines is 1. The van der Waals surface area contributed by atoms with Crippen LogP contribution in [0.2, 0.25) is 0 Å². The number of nitrogens with zero attached hydrogens (tertiary/aromatic N) is 1. The van der Waals surface area contributed by atoms with Crippen LogP contribution in [0.25, 0.3) is 0 Å². The number of aryl methyl sites for hydroxylation is 2. The van der Waals surface area contributed by atoms with E-state index in [-0.39, 0.29) is 5.91 Å². The number of ether oxygens (including phenoxy) is 1. The van der Waals surface area contributed by atoms with Crippen LogP contribution in [0.15, 0.2) is 30.3 Å². The highest BCUT2D eigenvalue weighted by molar-refractivity contribution is 5.94. The van der Waals surface area contributed by atoms with E-state index in [2.05, 4.69) is 10.3 Å². The fraction of sp³-hybridized carbons (Fsp3) is 0.250. The first-order valence-corrected chi connectivity index (χ1v) is 6.92. The Hall–Kier alpha value is -2.40. The molecule has 1 aromatic heterocycles. The fourth-order valence-electron chi connectivity index (χ4n) is 2.42. The van der Waals surface area contributed by atoms with Gasteiger partial charge in [-0.25, -0.2) is 4.98 Å². The summed E-state index contributed by atoms with van der Waals surface area (Å²) < 4.78 is 5.82. The third-order valence-corrected chi connectivity index (χ3v) is 3.42. The van der Waals surface area contributed by atoms with E-state index >= 15 is 0 Å². The minimum Gasteiger partial charge on any atom is -0.439 e. The molecule has 0 bridgehead atoms. The summed E-state index contributed by atoms with van der Waals surface area (Å²) in [6.07, 6.45) is 1.24. The van der Waals surface area contributed by atoms with Crippen LogP contribution in [0.1, 0.15) is 23.2 Å². The van der Waals surface area contributed by atoms with Gasteiger partial charge in [-0.2, -0.15) is 0 Å². The van der Waals surface area contributed by atoms with Crippen molar-refractivity contribution in [3.05, 3.63) is 47.2 Å². The maximum atomic E-state index is 11.3. The Morgan fingerprint density at radius 2 is 2.14 bits per heavy atom. The monoisotopic (exact) mass is 283 g/mol. The van der Waals surface area contributed by atoms with Crippen LogP contribution in [0.5, 0.6) is 11.6 Å². The van der Waals surface area contributed by atoms with Gasteiger partial charge in [0.2, 0.25) is 11.8 Å². The quantitative estimate of drug-likeness (QED) is 0.907. The van der Waals surface area contributed by atoms with E-state index in [1.54, 1.807) is 0 Å². The molecule has 0 saturated carbocycles. The van der Waals surface area contributed by atoms with Crippen molar-refractivity contribution in [2.24, 2.45) is 5.73 Å². The Bertz CT molecular complexity index is 698. The molecule has 1 aliphatic rings. The van der Waals surface area contributed by atoms with Gasteiger partial charge in [0, 0.05) is 30.4 Å². The van der Waals surface area contributed by atoms with Gasteiger partial charge < -0.3 is 15.8 Å². The predicted octanol–water partition coefficient (Wildman–Crippen LogP) is 2.53. The lowest BCUT2D eigenvalue weighted by molar-refractivity contribution is -0.116. The topological polar surface area (TPSA) is 77.2 Å². The van der Waals surface area contributed by atoms with Crippen LogP contribution < -0.4 is 15.8 Å². The summed E-state index contributed by atoms with van der Waals surface area (Å²) in [5.41, 5.74) is 9.47. The second-order valence-corrected chi connectivity index (χ2v) is 5.13. The van der Waals surface area contributed by atoms with Crippen molar-refractivity contribution in [3.8, 4) is 11.6 Å². The number of hydrogen-bond acceptors (Lipinski definition) is 4. The van der Waals surface area contributed by atoms with Crippen molar-refractivity contribution in [1.29, 1.82) is 0 Å². The van der Waals surface area contributed by atoms with E-state index in [1.165, 1.54) is 0 Å². The molecule has 0 aliphatic carbocycles. The summed E-state index contributed by atoms with van der Waals surface area (Å²) in [7, 11) is 0. The molecule has 1 aromatic carbocycles. The van der Waals surface area contributed by atoms with Crippen molar-refractivity contribution >= 4 is 11.6 Å². The molecular weight excluding hydrogens is 266 g/mol. The SMILES string of the molecule is Cc1cc(CN)cc(Oc2ccc3c(c2)CCC(=O)N3)n1. The third kappa shape index (κ3) is 3.03. The average Bonchev–Trinajstić information content (AvgIpc) is 2.47. The van der Waals surface area contributed by atoms with Crippen LogP contribution in [-0.2, 0) is 17.8 Å². The van der Waals surface area contributed by atoms with E-state index in [1.807, 2.05) is 37.3 Å². The van der Waals surface area contributed by atoms with E-state index in [4.69, 9.17) is 10.5 Å². The van der Waals surface area contributed by atoms with Gasteiger partial charge in [-0.05, 0) is 48.7 Å². The van der Waals surface area contributed by atoms with E-state index in [0.717, 1.165) is 28.9 Å². The van der Waals surface area contributed by atoms with Gasteiger partial charge in [0.15, 0.2) is 0 Å². The molecule has 2 aromatic rings. The second kappa shape index (κ2) is 5.54. The van der Waals surface area contributed by atoms with Crippen molar-refractivity contribution in [2.45, 2.75) is 26.3 Å². The normalized spacial score (nSPS) is 13.5. The number of pyridine rings is 1. The van der Waals surface area contributed by atoms with Gasteiger partial charge in [0.05, 0.1) is 0 Å². The molecule has 108 valence electrons. The maximum absolute atomic E-state index is 11.3. The lowest BCUT2D eigenvalue weighted by Crippen LogP contribution is -2.18.